The van der Waals surface area contributed by atoms with Gasteiger partial charge in [-0.25, -0.2) is 0 Å². The van der Waals surface area contributed by atoms with Crippen LogP contribution in [0.4, 0.5) is 0 Å². The van der Waals surface area contributed by atoms with Crippen LogP contribution in [0.15, 0.2) is 35.5 Å². The fourth-order valence-electron chi connectivity index (χ4n) is 8.78. The summed E-state index contributed by atoms with van der Waals surface area (Å²) in [6.07, 6.45) is 16.6. The molecule has 3 unspecified atom stereocenters. The number of hydrogen-bond acceptors (Lipinski definition) is 4. The predicted octanol–water partition coefficient (Wildman–Crippen LogP) is 14.6. The van der Waals surface area contributed by atoms with Gasteiger partial charge in [0.2, 0.25) is 0 Å². The van der Waals surface area contributed by atoms with E-state index in [4.69, 9.17) is 18.0 Å². The first-order chi connectivity index (χ1) is 24.0. The lowest BCUT2D eigenvalue weighted by atomic mass is 9.62. The van der Waals surface area contributed by atoms with E-state index in [-0.39, 0.29) is 44.4 Å². The SMILES string of the molecule is C=C1[C@H](O[Si](C)(C)C(C)(C)C)CC(=CC=C2CCCC3(C)C2CCC3[C@@H](C)OCCC(CC)(CC)O[Si](C)(C)C(C)(C)C)C[C@H]1O[Si](C)(C)C(C)(C)C. The maximum absolute atomic E-state index is 7.13. The third-order valence-corrected chi connectivity index (χ3v) is 29.4. The summed E-state index contributed by atoms with van der Waals surface area (Å²) < 4.78 is 28.2. The number of rotatable bonds is 14. The van der Waals surface area contributed by atoms with Crippen LogP contribution in [0.1, 0.15) is 154 Å². The quantitative estimate of drug-likeness (QED) is 0.130. The van der Waals surface area contributed by atoms with Gasteiger partial charge in [0, 0.05) is 6.61 Å². The normalized spacial score (nSPS) is 28.4. The van der Waals surface area contributed by atoms with Crippen molar-refractivity contribution in [3.63, 3.8) is 0 Å². The largest absolute Gasteiger partial charge is 0.411 e. The van der Waals surface area contributed by atoms with E-state index in [2.05, 4.69) is 148 Å². The molecule has 0 saturated heterocycles. The molecule has 0 spiro atoms. The van der Waals surface area contributed by atoms with E-state index in [9.17, 15) is 0 Å². The molecular formula is C46H88O4Si3. The van der Waals surface area contributed by atoms with Crippen molar-refractivity contribution in [2.24, 2.45) is 17.3 Å². The van der Waals surface area contributed by atoms with Crippen molar-refractivity contribution in [3.05, 3.63) is 35.5 Å². The zero-order valence-electron chi connectivity index (χ0n) is 38.7. The fourth-order valence-corrected chi connectivity index (χ4v) is 13.2. The van der Waals surface area contributed by atoms with Gasteiger partial charge in [-0.15, -0.1) is 0 Å². The zero-order chi connectivity index (χ0) is 40.6. The van der Waals surface area contributed by atoms with Gasteiger partial charge in [-0.1, -0.05) is 113 Å². The molecular weight excluding hydrogens is 701 g/mol. The van der Waals surface area contributed by atoms with Gasteiger partial charge in [-0.2, -0.15) is 0 Å². The Morgan fingerprint density at radius 3 is 1.72 bits per heavy atom. The summed E-state index contributed by atoms with van der Waals surface area (Å²) in [5, 5.41) is 0.497. The molecule has 3 aliphatic carbocycles. The minimum Gasteiger partial charge on any atom is -0.411 e. The number of hydrogen-bond donors (Lipinski definition) is 0. The molecule has 7 heteroatoms. The summed E-state index contributed by atoms with van der Waals surface area (Å²) in [7, 11) is -5.87. The Balaban J connectivity index is 1.81. The second-order valence-corrected chi connectivity index (χ2v) is 36.7. The third-order valence-electron chi connectivity index (χ3n) is 15.9. The summed E-state index contributed by atoms with van der Waals surface area (Å²) in [6, 6.07) is 0. The molecule has 0 aliphatic heterocycles. The third kappa shape index (κ3) is 10.8. The second-order valence-electron chi connectivity index (χ2n) is 22.5. The Morgan fingerprint density at radius 1 is 0.774 bits per heavy atom. The van der Waals surface area contributed by atoms with Crippen molar-refractivity contribution in [2.75, 3.05) is 6.61 Å². The first-order valence-corrected chi connectivity index (χ1v) is 30.4. The molecule has 0 aromatic heterocycles. The van der Waals surface area contributed by atoms with E-state index < -0.39 is 25.0 Å². The lowest BCUT2D eigenvalue weighted by Crippen LogP contribution is -2.50. The van der Waals surface area contributed by atoms with Gasteiger partial charge in [0.05, 0.1) is 23.9 Å². The number of fused-ring (bicyclic) bond motifs is 1. The van der Waals surface area contributed by atoms with Crippen LogP contribution in [0.5, 0.6) is 0 Å². The summed E-state index contributed by atoms with van der Waals surface area (Å²) in [5.41, 5.74) is 4.48. The predicted molar refractivity (Wildman–Crippen MR) is 238 cm³/mol. The maximum Gasteiger partial charge on any atom is 0.192 e. The smallest absolute Gasteiger partial charge is 0.192 e. The Bertz CT molecular complexity index is 1260. The molecule has 3 saturated carbocycles. The van der Waals surface area contributed by atoms with Gasteiger partial charge in [0.1, 0.15) is 0 Å². The molecule has 4 nitrogen and oxygen atoms in total. The van der Waals surface area contributed by atoms with Gasteiger partial charge in [-0.3, -0.25) is 0 Å². The molecule has 0 heterocycles. The highest BCUT2D eigenvalue weighted by atomic mass is 28.4. The van der Waals surface area contributed by atoms with Gasteiger partial charge < -0.3 is 18.0 Å². The van der Waals surface area contributed by atoms with Crippen LogP contribution in [0, 0.1) is 17.3 Å². The van der Waals surface area contributed by atoms with Crippen molar-refractivity contribution in [2.45, 2.75) is 233 Å². The molecule has 0 bridgehead atoms. The molecule has 53 heavy (non-hydrogen) atoms. The van der Waals surface area contributed by atoms with Crippen molar-refractivity contribution in [1.29, 1.82) is 0 Å². The highest BCUT2D eigenvalue weighted by Gasteiger charge is 2.52. The van der Waals surface area contributed by atoms with E-state index in [1.165, 1.54) is 37.7 Å². The first-order valence-electron chi connectivity index (χ1n) is 21.7. The Morgan fingerprint density at radius 2 is 1.26 bits per heavy atom. The molecule has 0 N–H and O–H groups in total. The average Bonchev–Trinajstić information content (AvgIpc) is 3.37. The molecule has 0 radical (unpaired) electrons. The minimum atomic E-state index is -2.00. The van der Waals surface area contributed by atoms with Crippen molar-refractivity contribution >= 4 is 25.0 Å². The van der Waals surface area contributed by atoms with Crippen LogP contribution in [-0.2, 0) is 18.0 Å². The topological polar surface area (TPSA) is 36.9 Å². The molecule has 0 aromatic carbocycles. The van der Waals surface area contributed by atoms with Crippen molar-refractivity contribution < 1.29 is 18.0 Å². The van der Waals surface area contributed by atoms with Crippen LogP contribution in [0.2, 0.25) is 54.4 Å². The standard InChI is InChI=1S/C46H88O4Si3/c1-21-46(22-2,50-53(19,20)44(11,12)13)30-31-47-35(4)38-27-28-39-37(24-23-29-45(38,39)14)26-25-36-32-40(48-51(15,16)42(5,6)7)34(3)41(33-36)49-52(17,18)43(8,9)10/h25-26,35,38-41H,3,21-24,27-33H2,1-2,4-20H3/t35-,38?,39?,40-,41-,45?/m1/s1. The Hall–Kier alpha value is -0.289. The van der Waals surface area contributed by atoms with E-state index in [1.807, 2.05) is 0 Å². The first kappa shape index (κ1) is 47.1. The monoisotopic (exact) mass is 789 g/mol. The Labute approximate surface area is 333 Å². The lowest BCUT2D eigenvalue weighted by Gasteiger charge is -2.46. The molecule has 0 amide bonds. The van der Waals surface area contributed by atoms with E-state index in [0.717, 1.165) is 44.3 Å². The molecule has 0 aromatic rings. The summed E-state index contributed by atoms with van der Waals surface area (Å²) in [6.45, 7) is 50.4. The van der Waals surface area contributed by atoms with Gasteiger partial charge in [0.25, 0.3) is 0 Å². The molecule has 3 rings (SSSR count). The lowest BCUT2D eigenvalue weighted by molar-refractivity contribution is -0.0520. The number of ether oxygens (including phenoxy) is 1. The second kappa shape index (κ2) is 16.9. The highest BCUT2D eigenvalue weighted by Crippen LogP contribution is 2.59. The van der Waals surface area contributed by atoms with Crippen LogP contribution in [0.3, 0.4) is 0 Å². The molecule has 3 fully saturated rings. The molecule has 308 valence electrons. The van der Waals surface area contributed by atoms with Crippen molar-refractivity contribution in [1.82, 2.24) is 0 Å². The van der Waals surface area contributed by atoms with Crippen molar-refractivity contribution in [3.8, 4) is 0 Å². The molecule has 6 atom stereocenters. The molecule has 3 aliphatic rings. The number of allylic oxidation sites excluding steroid dienone is 3. The van der Waals surface area contributed by atoms with Crippen LogP contribution >= 0.6 is 0 Å². The zero-order valence-corrected chi connectivity index (χ0v) is 41.7. The fraction of sp³-hybridized carbons (Fsp3) is 0.870. The summed E-state index contributed by atoms with van der Waals surface area (Å²) >= 11 is 0. The van der Waals surface area contributed by atoms with Crippen LogP contribution < -0.4 is 0 Å². The van der Waals surface area contributed by atoms with Crippen LogP contribution in [-0.4, -0.2) is 55.5 Å². The van der Waals surface area contributed by atoms with Gasteiger partial charge in [0.15, 0.2) is 25.0 Å². The maximum atomic E-state index is 7.13. The van der Waals surface area contributed by atoms with Gasteiger partial charge >= 0.3 is 0 Å². The van der Waals surface area contributed by atoms with Crippen LogP contribution in [0.25, 0.3) is 0 Å². The Kier molecular flexibility index (Phi) is 15.0. The van der Waals surface area contributed by atoms with E-state index in [1.54, 1.807) is 5.57 Å². The summed E-state index contributed by atoms with van der Waals surface area (Å²) in [4.78, 5) is 0. The highest BCUT2D eigenvalue weighted by molar-refractivity contribution is 6.75. The van der Waals surface area contributed by atoms with E-state index >= 15 is 0 Å². The summed E-state index contributed by atoms with van der Waals surface area (Å²) in [5.74, 6) is 1.22. The average molecular weight is 789 g/mol. The van der Waals surface area contributed by atoms with Gasteiger partial charge in [-0.05, 0) is 148 Å². The minimum absolute atomic E-state index is 0.0148. The van der Waals surface area contributed by atoms with E-state index in [0.29, 0.717) is 11.8 Å².